The van der Waals surface area contributed by atoms with Gasteiger partial charge in [-0.1, -0.05) is 12.0 Å². The number of rotatable bonds is 1. The van der Waals surface area contributed by atoms with Gasteiger partial charge in [0.25, 0.3) is 0 Å². The van der Waals surface area contributed by atoms with E-state index in [1.165, 1.54) is 0 Å². The van der Waals surface area contributed by atoms with Crippen LogP contribution in [0.4, 0.5) is 4.79 Å². The Bertz CT molecular complexity index is 317. The highest BCUT2D eigenvalue weighted by Crippen LogP contribution is 2.21. The lowest BCUT2D eigenvalue weighted by atomic mass is 10.1. The van der Waals surface area contributed by atoms with Crippen LogP contribution in [-0.2, 0) is 4.74 Å². The van der Waals surface area contributed by atoms with E-state index >= 15 is 0 Å². The molecular formula is C10H18N4O2. The van der Waals surface area contributed by atoms with Crippen LogP contribution in [0.3, 0.4) is 0 Å². The quantitative estimate of drug-likeness (QED) is 0.391. The first-order chi connectivity index (χ1) is 7.33. The summed E-state index contributed by atoms with van der Waals surface area (Å²) >= 11 is 0. The van der Waals surface area contributed by atoms with E-state index in [4.69, 9.17) is 10.3 Å². The van der Waals surface area contributed by atoms with Crippen molar-refractivity contribution in [3.8, 4) is 0 Å². The van der Waals surface area contributed by atoms with Crippen molar-refractivity contribution in [2.24, 2.45) is 11.0 Å². The van der Waals surface area contributed by atoms with Crippen LogP contribution in [-0.4, -0.2) is 35.7 Å². The van der Waals surface area contributed by atoms with Crippen LogP contribution >= 0.6 is 0 Å². The summed E-state index contributed by atoms with van der Waals surface area (Å²) < 4.78 is 5.25. The minimum Gasteiger partial charge on any atom is -0.444 e. The van der Waals surface area contributed by atoms with Crippen molar-refractivity contribution >= 4 is 6.09 Å². The molecule has 1 heterocycles. The number of nitrogens with zero attached hydrogens (tertiary/aromatic N) is 4. The number of carbonyl (C=O) groups excluding carboxylic acids is 1. The van der Waals surface area contributed by atoms with Gasteiger partial charge in [0.1, 0.15) is 5.60 Å². The van der Waals surface area contributed by atoms with Crippen molar-refractivity contribution in [2.45, 2.75) is 39.3 Å². The molecule has 1 amide bonds. The van der Waals surface area contributed by atoms with Gasteiger partial charge in [-0.15, -0.1) is 0 Å². The second-order valence-electron chi connectivity index (χ2n) is 5.13. The van der Waals surface area contributed by atoms with E-state index in [-0.39, 0.29) is 18.1 Å². The van der Waals surface area contributed by atoms with Gasteiger partial charge < -0.3 is 9.64 Å². The summed E-state index contributed by atoms with van der Waals surface area (Å²) in [5, 5.41) is 3.66. The lowest BCUT2D eigenvalue weighted by molar-refractivity contribution is 0.0288. The lowest BCUT2D eigenvalue weighted by Gasteiger charge is -2.24. The highest BCUT2D eigenvalue weighted by molar-refractivity contribution is 5.68. The van der Waals surface area contributed by atoms with Crippen molar-refractivity contribution < 1.29 is 9.53 Å². The topological polar surface area (TPSA) is 78.3 Å². The summed E-state index contributed by atoms with van der Waals surface area (Å²) in [6.07, 6.45) is -0.338. The summed E-state index contributed by atoms with van der Waals surface area (Å²) in [7, 11) is 0. The van der Waals surface area contributed by atoms with Crippen molar-refractivity contribution in [1.82, 2.24) is 4.90 Å². The van der Waals surface area contributed by atoms with Crippen LogP contribution in [0.5, 0.6) is 0 Å². The van der Waals surface area contributed by atoms with Crippen LogP contribution < -0.4 is 0 Å². The van der Waals surface area contributed by atoms with E-state index in [2.05, 4.69) is 10.0 Å². The van der Waals surface area contributed by atoms with Gasteiger partial charge in [0.15, 0.2) is 0 Å². The van der Waals surface area contributed by atoms with Crippen LogP contribution in [0.25, 0.3) is 10.4 Å². The fraction of sp³-hybridized carbons (Fsp3) is 0.900. The van der Waals surface area contributed by atoms with Crippen LogP contribution in [0, 0.1) is 5.92 Å². The Morgan fingerprint density at radius 1 is 1.50 bits per heavy atom. The SMILES string of the molecule is C[C@H]1CN(C(=O)OC(C)(C)C)C[C@H]1N=[N+]=[N-]. The van der Waals surface area contributed by atoms with E-state index in [0.717, 1.165) is 0 Å². The summed E-state index contributed by atoms with van der Waals surface area (Å²) in [5.74, 6) is 0.184. The standard InChI is InChI=1S/C10H18N4O2/c1-7-5-14(6-8(7)12-13-11)9(15)16-10(2,3)4/h7-8H,5-6H2,1-4H3/t7-,8+/m0/s1. The Balaban J connectivity index is 2.58. The molecule has 1 aliphatic rings. The third kappa shape index (κ3) is 3.31. The normalized spacial score (nSPS) is 25.1. The molecule has 6 nitrogen and oxygen atoms in total. The first-order valence-electron chi connectivity index (χ1n) is 5.35. The molecular weight excluding hydrogens is 208 g/mol. The molecule has 16 heavy (non-hydrogen) atoms. The average Bonchev–Trinajstić information content (AvgIpc) is 2.46. The molecule has 1 saturated heterocycles. The van der Waals surface area contributed by atoms with Gasteiger partial charge >= 0.3 is 6.09 Å². The Kier molecular flexibility index (Phi) is 3.65. The largest absolute Gasteiger partial charge is 0.444 e. The predicted octanol–water partition coefficient (Wildman–Crippen LogP) is 2.55. The second kappa shape index (κ2) is 4.61. The minimum atomic E-state index is -0.489. The number of carbonyl (C=O) groups is 1. The molecule has 90 valence electrons. The minimum absolute atomic E-state index is 0.141. The predicted molar refractivity (Wildman–Crippen MR) is 59.9 cm³/mol. The Hall–Kier alpha value is -1.42. The van der Waals surface area contributed by atoms with E-state index in [1.54, 1.807) is 4.90 Å². The fourth-order valence-corrected chi connectivity index (χ4v) is 1.64. The number of likely N-dealkylation sites (tertiary alicyclic amines) is 1. The number of azide groups is 1. The number of hydrogen-bond acceptors (Lipinski definition) is 3. The molecule has 2 atom stereocenters. The van der Waals surface area contributed by atoms with Crippen molar-refractivity contribution in [3.05, 3.63) is 10.4 Å². The zero-order valence-corrected chi connectivity index (χ0v) is 10.2. The summed E-state index contributed by atoms with van der Waals surface area (Å²) in [6.45, 7) is 8.47. The van der Waals surface area contributed by atoms with E-state index < -0.39 is 5.60 Å². The average molecular weight is 226 g/mol. The van der Waals surface area contributed by atoms with Gasteiger partial charge in [0.2, 0.25) is 0 Å². The van der Waals surface area contributed by atoms with Crippen molar-refractivity contribution in [1.29, 1.82) is 0 Å². The highest BCUT2D eigenvalue weighted by Gasteiger charge is 2.33. The van der Waals surface area contributed by atoms with E-state index in [1.807, 2.05) is 27.7 Å². The summed E-state index contributed by atoms with van der Waals surface area (Å²) in [5.41, 5.74) is 7.89. The molecule has 0 spiro atoms. The van der Waals surface area contributed by atoms with Gasteiger partial charge in [0.05, 0.1) is 6.04 Å². The molecule has 0 aromatic rings. The number of amides is 1. The maximum atomic E-state index is 11.7. The Labute approximate surface area is 95.2 Å². The first-order valence-corrected chi connectivity index (χ1v) is 5.35. The van der Waals surface area contributed by atoms with Crippen LogP contribution in [0.2, 0.25) is 0 Å². The molecule has 0 bridgehead atoms. The molecule has 0 radical (unpaired) electrons. The Morgan fingerprint density at radius 2 is 2.12 bits per heavy atom. The molecule has 0 aromatic carbocycles. The maximum absolute atomic E-state index is 11.7. The number of ether oxygens (including phenoxy) is 1. The molecule has 0 aromatic heterocycles. The summed E-state index contributed by atoms with van der Waals surface area (Å²) in [4.78, 5) is 16.1. The van der Waals surface area contributed by atoms with Gasteiger partial charge in [-0.25, -0.2) is 4.79 Å². The third-order valence-corrected chi connectivity index (χ3v) is 2.42. The Morgan fingerprint density at radius 3 is 2.62 bits per heavy atom. The first kappa shape index (κ1) is 12.6. The maximum Gasteiger partial charge on any atom is 0.410 e. The highest BCUT2D eigenvalue weighted by atomic mass is 16.6. The molecule has 1 fully saturated rings. The lowest BCUT2D eigenvalue weighted by Crippen LogP contribution is -2.35. The van der Waals surface area contributed by atoms with E-state index in [0.29, 0.717) is 13.1 Å². The molecule has 6 heteroatoms. The third-order valence-electron chi connectivity index (χ3n) is 2.42. The zero-order valence-electron chi connectivity index (χ0n) is 10.2. The van der Waals surface area contributed by atoms with Crippen LogP contribution in [0.1, 0.15) is 27.7 Å². The van der Waals surface area contributed by atoms with Gasteiger partial charge in [-0.2, -0.15) is 0 Å². The molecule has 1 rings (SSSR count). The van der Waals surface area contributed by atoms with Gasteiger partial charge in [-0.05, 0) is 32.2 Å². The molecule has 0 aliphatic carbocycles. The second-order valence-corrected chi connectivity index (χ2v) is 5.13. The van der Waals surface area contributed by atoms with Gasteiger partial charge in [-0.3, -0.25) is 0 Å². The molecule has 0 unspecified atom stereocenters. The molecule has 0 saturated carbocycles. The van der Waals surface area contributed by atoms with Crippen molar-refractivity contribution in [3.63, 3.8) is 0 Å². The van der Waals surface area contributed by atoms with E-state index in [9.17, 15) is 4.79 Å². The fourth-order valence-electron chi connectivity index (χ4n) is 1.64. The van der Waals surface area contributed by atoms with Crippen LogP contribution in [0.15, 0.2) is 5.11 Å². The van der Waals surface area contributed by atoms with Crippen molar-refractivity contribution in [2.75, 3.05) is 13.1 Å². The molecule has 1 aliphatic heterocycles. The van der Waals surface area contributed by atoms with Gasteiger partial charge in [0, 0.05) is 18.0 Å². The zero-order chi connectivity index (χ0) is 12.3. The number of hydrogen-bond donors (Lipinski definition) is 0. The smallest absolute Gasteiger partial charge is 0.410 e. The monoisotopic (exact) mass is 226 g/mol. The summed E-state index contributed by atoms with van der Waals surface area (Å²) in [6, 6.07) is -0.141. The molecule has 0 N–H and O–H groups in total.